The number of carboxylic acid groups (broad SMARTS) is 1. The van der Waals surface area contributed by atoms with Gasteiger partial charge < -0.3 is 10.4 Å². The van der Waals surface area contributed by atoms with E-state index in [1.54, 1.807) is 32.0 Å². The molecule has 1 aromatic rings. The average molecular weight is 307 g/mol. The van der Waals surface area contributed by atoms with Crippen molar-refractivity contribution in [2.75, 3.05) is 6.54 Å². The Morgan fingerprint density at radius 1 is 1.32 bits per heavy atom. The first-order valence-electron chi connectivity index (χ1n) is 7.52. The van der Waals surface area contributed by atoms with Crippen LogP contribution < -0.4 is 5.32 Å². The molecule has 0 heterocycles. The first-order valence-corrected chi connectivity index (χ1v) is 7.52. The maximum Gasteiger partial charge on any atom is 0.309 e. The van der Waals surface area contributed by atoms with Gasteiger partial charge in [-0.1, -0.05) is 18.2 Å². The molecule has 4 nitrogen and oxygen atoms in total. The molecule has 0 saturated heterocycles. The van der Waals surface area contributed by atoms with Crippen molar-refractivity contribution in [3.8, 4) is 0 Å². The van der Waals surface area contributed by atoms with E-state index in [1.807, 2.05) is 0 Å². The zero-order chi connectivity index (χ0) is 16.4. The molecular formula is C17H22FNO3. The number of carboxylic acids is 1. The van der Waals surface area contributed by atoms with Crippen LogP contribution in [0.5, 0.6) is 0 Å². The summed E-state index contributed by atoms with van der Waals surface area (Å²) in [5.74, 6) is -1.26. The molecule has 1 amide bonds. The molecule has 1 fully saturated rings. The van der Waals surface area contributed by atoms with Gasteiger partial charge in [0.05, 0.1) is 10.8 Å². The lowest BCUT2D eigenvalue weighted by atomic mass is 9.89. The van der Waals surface area contributed by atoms with E-state index in [9.17, 15) is 14.0 Å². The van der Waals surface area contributed by atoms with Gasteiger partial charge in [-0.15, -0.1) is 0 Å². The van der Waals surface area contributed by atoms with Crippen molar-refractivity contribution >= 4 is 11.9 Å². The molecule has 120 valence electrons. The molecule has 22 heavy (non-hydrogen) atoms. The normalized spacial score (nSPS) is 16.1. The maximum absolute atomic E-state index is 13.7. The molecule has 0 unspecified atom stereocenters. The molecule has 1 aliphatic carbocycles. The number of benzene rings is 1. The van der Waals surface area contributed by atoms with Crippen LogP contribution in [0.3, 0.4) is 0 Å². The fourth-order valence-corrected chi connectivity index (χ4v) is 2.42. The standard InChI is InChI=1S/C17H22FNO3/c1-16(2,15(21)22)9-10-19-14(20)17(7-8-17)11-12-5-3-4-6-13(12)18/h3-6H,7-11H2,1-2H3,(H,19,20)(H,21,22). The van der Waals surface area contributed by atoms with Crippen molar-refractivity contribution in [2.45, 2.75) is 39.5 Å². The monoisotopic (exact) mass is 307 g/mol. The molecule has 0 radical (unpaired) electrons. The summed E-state index contributed by atoms with van der Waals surface area (Å²) in [6.45, 7) is 3.58. The molecule has 1 saturated carbocycles. The van der Waals surface area contributed by atoms with Crippen LogP contribution in [-0.2, 0) is 16.0 Å². The van der Waals surface area contributed by atoms with E-state index < -0.39 is 16.8 Å². The fourth-order valence-electron chi connectivity index (χ4n) is 2.42. The highest BCUT2D eigenvalue weighted by molar-refractivity contribution is 5.85. The van der Waals surface area contributed by atoms with Gasteiger partial charge in [0.25, 0.3) is 0 Å². The lowest BCUT2D eigenvalue weighted by Gasteiger charge is -2.21. The molecular weight excluding hydrogens is 285 g/mol. The lowest BCUT2D eigenvalue weighted by Crippen LogP contribution is -2.37. The van der Waals surface area contributed by atoms with Crippen molar-refractivity contribution < 1.29 is 19.1 Å². The number of hydrogen-bond acceptors (Lipinski definition) is 2. The summed E-state index contributed by atoms with van der Waals surface area (Å²) >= 11 is 0. The number of amides is 1. The van der Waals surface area contributed by atoms with Gasteiger partial charge in [-0.05, 0) is 51.2 Å². The van der Waals surface area contributed by atoms with Gasteiger partial charge in [0.15, 0.2) is 0 Å². The molecule has 0 spiro atoms. The van der Waals surface area contributed by atoms with Gasteiger partial charge in [-0.2, -0.15) is 0 Å². The Balaban J connectivity index is 1.90. The van der Waals surface area contributed by atoms with E-state index in [1.165, 1.54) is 6.07 Å². The van der Waals surface area contributed by atoms with E-state index in [0.29, 0.717) is 24.9 Å². The number of carbonyl (C=O) groups is 2. The number of hydrogen-bond donors (Lipinski definition) is 2. The SMILES string of the molecule is CC(C)(CCNC(=O)C1(Cc2ccccc2F)CC1)C(=O)O. The van der Waals surface area contributed by atoms with Crippen molar-refractivity contribution in [3.63, 3.8) is 0 Å². The third kappa shape index (κ3) is 3.64. The Hall–Kier alpha value is -1.91. The molecule has 0 aliphatic heterocycles. The maximum atomic E-state index is 13.7. The molecule has 1 aliphatic rings. The third-order valence-corrected chi connectivity index (χ3v) is 4.44. The highest BCUT2D eigenvalue weighted by Gasteiger charge is 2.49. The molecule has 0 aromatic heterocycles. The first-order chi connectivity index (χ1) is 10.3. The number of halogens is 1. The molecule has 2 N–H and O–H groups in total. The Labute approximate surface area is 129 Å². The molecule has 2 rings (SSSR count). The first kappa shape index (κ1) is 16.5. The van der Waals surface area contributed by atoms with Crippen molar-refractivity contribution in [1.82, 2.24) is 5.32 Å². The summed E-state index contributed by atoms with van der Waals surface area (Å²) in [4.78, 5) is 23.3. The summed E-state index contributed by atoms with van der Waals surface area (Å²) in [6, 6.07) is 6.50. The van der Waals surface area contributed by atoms with E-state index in [2.05, 4.69) is 5.32 Å². The van der Waals surface area contributed by atoms with Crippen LogP contribution in [0.15, 0.2) is 24.3 Å². The zero-order valence-electron chi connectivity index (χ0n) is 13.0. The summed E-state index contributed by atoms with van der Waals surface area (Å²) in [5.41, 5.74) is -0.827. The topological polar surface area (TPSA) is 66.4 Å². The van der Waals surface area contributed by atoms with Crippen molar-refractivity contribution in [2.24, 2.45) is 10.8 Å². The summed E-state index contributed by atoms with van der Waals surface area (Å²) in [5, 5.41) is 11.9. The van der Waals surface area contributed by atoms with Gasteiger partial charge in [0.2, 0.25) is 5.91 Å². The molecule has 0 bridgehead atoms. The van der Waals surface area contributed by atoms with Crippen LogP contribution in [0, 0.1) is 16.6 Å². The molecule has 1 aromatic carbocycles. The Bertz CT molecular complexity index is 579. The summed E-state index contributed by atoms with van der Waals surface area (Å²) in [6.07, 6.45) is 2.25. The second-order valence-corrected chi connectivity index (χ2v) is 6.74. The lowest BCUT2D eigenvalue weighted by molar-refractivity contribution is -0.147. The number of rotatable bonds is 7. The quantitative estimate of drug-likeness (QED) is 0.814. The van der Waals surface area contributed by atoms with Crippen LogP contribution >= 0.6 is 0 Å². The predicted molar refractivity (Wildman–Crippen MR) is 80.8 cm³/mol. The molecule has 0 atom stereocenters. The van der Waals surface area contributed by atoms with E-state index in [4.69, 9.17) is 5.11 Å². The van der Waals surface area contributed by atoms with Crippen LogP contribution in [0.2, 0.25) is 0 Å². The fraction of sp³-hybridized carbons (Fsp3) is 0.529. The van der Waals surface area contributed by atoms with Crippen molar-refractivity contribution in [3.05, 3.63) is 35.6 Å². The number of nitrogens with one attached hydrogen (secondary N) is 1. The highest BCUT2D eigenvalue weighted by atomic mass is 19.1. The Morgan fingerprint density at radius 3 is 2.50 bits per heavy atom. The largest absolute Gasteiger partial charge is 0.481 e. The second kappa shape index (κ2) is 6.07. The smallest absolute Gasteiger partial charge is 0.309 e. The van der Waals surface area contributed by atoms with Crippen LogP contribution in [0.4, 0.5) is 4.39 Å². The van der Waals surface area contributed by atoms with Gasteiger partial charge in [-0.25, -0.2) is 4.39 Å². The average Bonchev–Trinajstić information content (AvgIpc) is 3.22. The summed E-state index contributed by atoms with van der Waals surface area (Å²) < 4.78 is 13.7. The third-order valence-electron chi connectivity index (χ3n) is 4.44. The van der Waals surface area contributed by atoms with Gasteiger partial charge >= 0.3 is 5.97 Å². The van der Waals surface area contributed by atoms with Crippen LogP contribution in [0.1, 0.15) is 38.7 Å². The Kier molecular flexibility index (Phi) is 4.54. The van der Waals surface area contributed by atoms with E-state index >= 15 is 0 Å². The zero-order valence-corrected chi connectivity index (χ0v) is 13.0. The van der Waals surface area contributed by atoms with Gasteiger partial charge in [0, 0.05) is 6.54 Å². The molecule has 5 heteroatoms. The number of aliphatic carboxylic acids is 1. The van der Waals surface area contributed by atoms with Gasteiger partial charge in [-0.3, -0.25) is 9.59 Å². The van der Waals surface area contributed by atoms with E-state index in [-0.39, 0.29) is 11.7 Å². The van der Waals surface area contributed by atoms with Gasteiger partial charge in [0.1, 0.15) is 5.82 Å². The van der Waals surface area contributed by atoms with Crippen LogP contribution in [0.25, 0.3) is 0 Å². The summed E-state index contributed by atoms with van der Waals surface area (Å²) in [7, 11) is 0. The highest BCUT2D eigenvalue weighted by Crippen LogP contribution is 2.48. The van der Waals surface area contributed by atoms with Crippen molar-refractivity contribution in [1.29, 1.82) is 0 Å². The van der Waals surface area contributed by atoms with Crippen LogP contribution in [-0.4, -0.2) is 23.5 Å². The minimum Gasteiger partial charge on any atom is -0.481 e. The second-order valence-electron chi connectivity index (χ2n) is 6.74. The predicted octanol–water partition coefficient (Wildman–Crippen LogP) is 2.77. The Morgan fingerprint density at radius 2 is 1.95 bits per heavy atom. The van der Waals surface area contributed by atoms with E-state index in [0.717, 1.165) is 12.8 Å². The number of carbonyl (C=O) groups excluding carboxylic acids is 1. The minimum absolute atomic E-state index is 0.100. The minimum atomic E-state index is -0.880.